The lowest BCUT2D eigenvalue weighted by molar-refractivity contribution is 0.216. The molecule has 2 N–H and O–H groups in total. The SMILES string of the molecule is CN1CCC[C@H](NC(=O)Nc2nc(-c3ccccc3)ns2)C1. The Morgan fingerprint density at radius 3 is 2.95 bits per heavy atom. The highest BCUT2D eigenvalue weighted by atomic mass is 32.1. The van der Waals surface area contributed by atoms with Gasteiger partial charge in [-0.25, -0.2) is 4.79 Å². The fourth-order valence-electron chi connectivity index (χ4n) is 2.58. The van der Waals surface area contributed by atoms with E-state index in [-0.39, 0.29) is 12.1 Å². The summed E-state index contributed by atoms with van der Waals surface area (Å²) in [7, 11) is 2.07. The van der Waals surface area contributed by atoms with E-state index in [9.17, 15) is 4.79 Å². The zero-order valence-electron chi connectivity index (χ0n) is 12.5. The minimum absolute atomic E-state index is 0.195. The zero-order valence-corrected chi connectivity index (χ0v) is 13.3. The number of anilines is 1. The predicted molar refractivity (Wildman–Crippen MR) is 88.0 cm³/mol. The number of aromatic nitrogens is 2. The second kappa shape index (κ2) is 6.85. The van der Waals surface area contributed by atoms with Crippen molar-refractivity contribution >= 4 is 22.7 Å². The van der Waals surface area contributed by atoms with Crippen molar-refractivity contribution in [3.05, 3.63) is 30.3 Å². The molecule has 22 heavy (non-hydrogen) atoms. The van der Waals surface area contributed by atoms with Crippen LogP contribution in [-0.2, 0) is 0 Å². The van der Waals surface area contributed by atoms with Gasteiger partial charge in [0.25, 0.3) is 0 Å². The maximum atomic E-state index is 12.0. The molecule has 1 aromatic heterocycles. The van der Waals surface area contributed by atoms with E-state index in [1.54, 1.807) is 0 Å². The number of likely N-dealkylation sites (N-methyl/N-ethyl adjacent to an activating group) is 1. The normalized spacial score (nSPS) is 18.9. The summed E-state index contributed by atoms with van der Waals surface area (Å²) >= 11 is 1.19. The van der Waals surface area contributed by atoms with Gasteiger partial charge < -0.3 is 10.2 Å². The lowest BCUT2D eigenvalue weighted by Crippen LogP contribution is -2.47. The standard InChI is InChI=1S/C15H19N5OS/c1-20-9-5-8-12(10-20)16-14(21)18-15-17-13(19-22-15)11-6-3-2-4-7-11/h2-4,6-7,12H,5,8-10H2,1H3,(H2,16,17,18,19,21)/t12-/m0/s1. The van der Waals surface area contributed by atoms with Crippen LogP contribution in [0.25, 0.3) is 11.4 Å². The van der Waals surface area contributed by atoms with Crippen LogP contribution in [0.1, 0.15) is 12.8 Å². The van der Waals surface area contributed by atoms with E-state index < -0.39 is 0 Å². The van der Waals surface area contributed by atoms with Crippen LogP contribution < -0.4 is 10.6 Å². The number of likely N-dealkylation sites (tertiary alicyclic amines) is 1. The minimum Gasteiger partial charge on any atom is -0.334 e. The summed E-state index contributed by atoms with van der Waals surface area (Å²) < 4.78 is 4.28. The quantitative estimate of drug-likeness (QED) is 0.912. The number of nitrogens with zero attached hydrogens (tertiary/aromatic N) is 3. The van der Waals surface area contributed by atoms with Crippen molar-refractivity contribution < 1.29 is 4.79 Å². The summed E-state index contributed by atoms with van der Waals surface area (Å²) in [6.07, 6.45) is 2.13. The monoisotopic (exact) mass is 317 g/mol. The van der Waals surface area contributed by atoms with Gasteiger partial charge in [0.15, 0.2) is 5.82 Å². The molecular formula is C15H19N5OS. The molecule has 2 heterocycles. The average molecular weight is 317 g/mol. The summed E-state index contributed by atoms with van der Waals surface area (Å²) in [4.78, 5) is 18.6. The molecule has 6 nitrogen and oxygen atoms in total. The molecule has 7 heteroatoms. The van der Waals surface area contributed by atoms with Crippen LogP contribution in [0.5, 0.6) is 0 Å². The van der Waals surface area contributed by atoms with Gasteiger partial charge in [0.2, 0.25) is 5.13 Å². The smallest absolute Gasteiger partial charge is 0.321 e. The third kappa shape index (κ3) is 3.80. The number of rotatable bonds is 3. The number of carbonyl (C=O) groups excluding carboxylic acids is 1. The van der Waals surface area contributed by atoms with Crippen LogP contribution in [0.4, 0.5) is 9.93 Å². The number of amides is 2. The van der Waals surface area contributed by atoms with Crippen LogP contribution in [0.2, 0.25) is 0 Å². The van der Waals surface area contributed by atoms with Gasteiger partial charge >= 0.3 is 6.03 Å². The molecule has 2 aromatic rings. The van der Waals surface area contributed by atoms with Gasteiger partial charge in [-0.05, 0) is 26.4 Å². The van der Waals surface area contributed by atoms with Crippen molar-refractivity contribution in [1.82, 2.24) is 19.6 Å². The topological polar surface area (TPSA) is 70.2 Å². The van der Waals surface area contributed by atoms with E-state index in [0.29, 0.717) is 11.0 Å². The molecule has 0 spiro atoms. The highest BCUT2D eigenvalue weighted by Crippen LogP contribution is 2.20. The summed E-state index contributed by atoms with van der Waals surface area (Å²) in [5.41, 5.74) is 0.945. The van der Waals surface area contributed by atoms with Crippen molar-refractivity contribution in [2.75, 3.05) is 25.5 Å². The van der Waals surface area contributed by atoms with Crippen LogP contribution in [0, 0.1) is 0 Å². The number of hydrogen-bond acceptors (Lipinski definition) is 5. The first kappa shape index (κ1) is 14.9. The van der Waals surface area contributed by atoms with Crippen LogP contribution in [-0.4, -0.2) is 46.5 Å². The van der Waals surface area contributed by atoms with Crippen molar-refractivity contribution in [1.29, 1.82) is 0 Å². The molecule has 0 unspecified atom stereocenters. The van der Waals surface area contributed by atoms with Gasteiger partial charge in [-0.1, -0.05) is 30.3 Å². The molecule has 1 saturated heterocycles. The molecule has 0 bridgehead atoms. The Labute approximate surface area is 133 Å². The third-order valence-corrected chi connectivity index (χ3v) is 4.27. The van der Waals surface area contributed by atoms with Gasteiger partial charge in [0, 0.05) is 29.7 Å². The van der Waals surface area contributed by atoms with E-state index in [2.05, 4.69) is 31.9 Å². The molecule has 1 fully saturated rings. The fourth-order valence-corrected chi connectivity index (χ4v) is 3.17. The van der Waals surface area contributed by atoms with E-state index in [1.165, 1.54) is 11.5 Å². The van der Waals surface area contributed by atoms with E-state index in [1.807, 2.05) is 30.3 Å². The van der Waals surface area contributed by atoms with Gasteiger partial charge in [-0.3, -0.25) is 5.32 Å². The highest BCUT2D eigenvalue weighted by Gasteiger charge is 2.19. The summed E-state index contributed by atoms with van der Waals surface area (Å²) in [5, 5.41) is 6.28. The second-order valence-corrected chi connectivity index (χ2v) is 6.24. The Morgan fingerprint density at radius 1 is 1.36 bits per heavy atom. The minimum atomic E-state index is -0.212. The number of piperidine rings is 1. The van der Waals surface area contributed by atoms with E-state index in [4.69, 9.17) is 0 Å². The van der Waals surface area contributed by atoms with Crippen LogP contribution in [0.15, 0.2) is 30.3 Å². The molecule has 3 rings (SSSR count). The fraction of sp³-hybridized carbons (Fsp3) is 0.400. The number of urea groups is 1. The lowest BCUT2D eigenvalue weighted by Gasteiger charge is -2.29. The zero-order chi connectivity index (χ0) is 15.4. The first-order valence-corrected chi connectivity index (χ1v) is 8.13. The Bertz CT molecular complexity index is 630. The molecule has 1 atom stereocenters. The summed E-state index contributed by atoms with van der Waals surface area (Å²) in [5.74, 6) is 0.637. The number of carbonyl (C=O) groups is 1. The van der Waals surface area contributed by atoms with Crippen LogP contribution >= 0.6 is 11.5 Å². The summed E-state index contributed by atoms with van der Waals surface area (Å²) in [6, 6.07) is 9.71. The second-order valence-electron chi connectivity index (χ2n) is 5.49. The molecular weight excluding hydrogens is 298 g/mol. The molecule has 0 aliphatic carbocycles. The van der Waals surface area contributed by atoms with Gasteiger partial charge in [0.1, 0.15) is 0 Å². The summed E-state index contributed by atoms with van der Waals surface area (Å²) in [6.45, 7) is 1.98. The largest absolute Gasteiger partial charge is 0.334 e. The van der Waals surface area contributed by atoms with Crippen molar-refractivity contribution in [3.63, 3.8) is 0 Å². The molecule has 1 aromatic carbocycles. The molecule has 0 radical (unpaired) electrons. The molecule has 1 aliphatic rings. The number of benzene rings is 1. The first-order valence-electron chi connectivity index (χ1n) is 7.36. The van der Waals surface area contributed by atoms with E-state index in [0.717, 1.165) is 31.5 Å². The number of nitrogens with one attached hydrogen (secondary N) is 2. The van der Waals surface area contributed by atoms with Gasteiger partial charge in [0.05, 0.1) is 0 Å². The third-order valence-electron chi connectivity index (χ3n) is 3.64. The van der Waals surface area contributed by atoms with Crippen LogP contribution in [0.3, 0.4) is 0 Å². The molecule has 116 valence electrons. The first-order chi connectivity index (χ1) is 10.7. The average Bonchev–Trinajstić information content (AvgIpc) is 2.96. The molecule has 2 amide bonds. The van der Waals surface area contributed by atoms with Crippen molar-refractivity contribution in [3.8, 4) is 11.4 Å². The Hall–Kier alpha value is -1.99. The van der Waals surface area contributed by atoms with Crippen molar-refractivity contribution in [2.24, 2.45) is 0 Å². The van der Waals surface area contributed by atoms with Gasteiger partial charge in [-0.15, -0.1) is 0 Å². The Morgan fingerprint density at radius 2 is 2.18 bits per heavy atom. The highest BCUT2D eigenvalue weighted by molar-refractivity contribution is 7.10. The lowest BCUT2D eigenvalue weighted by atomic mass is 10.1. The maximum absolute atomic E-state index is 12.0. The molecule has 1 aliphatic heterocycles. The predicted octanol–water partition coefficient (Wildman–Crippen LogP) is 2.42. The van der Waals surface area contributed by atoms with E-state index >= 15 is 0 Å². The van der Waals surface area contributed by atoms with Crippen molar-refractivity contribution in [2.45, 2.75) is 18.9 Å². The number of hydrogen-bond donors (Lipinski definition) is 2. The van der Waals surface area contributed by atoms with Gasteiger partial charge in [-0.2, -0.15) is 9.36 Å². The molecule has 0 saturated carbocycles. The Balaban J connectivity index is 1.57. The Kier molecular flexibility index (Phi) is 4.65. The maximum Gasteiger partial charge on any atom is 0.321 e.